The van der Waals surface area contributed by atoms with E-state index in [1.54, 1.807) is 71.5 Å². The Bertz CT molecular complexity index is 1140. The van der Waals surface area contributed by atoms with E-state index in [2.05, 4.69) is 10.6 Å². The number of urea groups is 2. The van der Waals surface area contributed by atoms with Gasteiger partial charge in [-0.1, -0.05) is 24.3 Å². The quantitative estimate of drug-likeness (QED) is 0.537. The molecule has 2 N–H and O–H groups in total. The van der Waals surface area contributed by atoms with Gasteiger partial charge in [-0.25, -0.2) is 14.0 Å². The van der Waals surface area contributed by atoms with Crippen LogP contribution < -0.4 is 20.3 Å². The second-order valence-corrected chi connectivity index (χ2v) is 7.70. The summed E-state index contributed by atoms with van der Waals surface area (Å²) < 4.78 is 18.4. The van der Waals surface area contributed by atoms with E-state index in [1.165, 1.54) is 12.1 Å². The minimum atomic E-state index is -0.400. The van der Waals surface area contributed by atoms with Crippen LogP contribution in [0.1, 0.15) is 12.0 Å². The predicted octanol–water partition coefficient (Wildman–Crippen LogP) is 5.31. The molecule has 0 unspecified atom stereocenters. The SMILES string of the molecule is COc1cccc(NC(=O)Nc2cccc(N3CCCN(Cc4ccc(F)cc4)C3=O)c2)c1. The Balaban J connectivity index is 1.42. The number of ether oxygens (including phenoxy) is 1. The van der Waals surface area contributed by atoms with E-state index in [0.717, 1.165) is 12.0 Å². The van der Waals surface area contributed by atoms with Crippen LogP contribution in [0.3, 0.4) is 0 Å². The van der Waals surface area contributed by atoms with E-state index < -0.39 is 6.03 Å². The van der Waals surface area contributed by atoms with Crippen molar-refractivity contribution in [3.63, 3.8) is 0 Å². The number of hydrogen-bond donors (Lipinski definition) is 2. The molecule has 1 aliphatic rings. The van der Waals surface area contributed by atoms with Crippen molar-refractivity contribution < 1.29 is 18.7 Å². The fourth-order valence-corrected chi connectivity index (χ4v) is 3.72. The molecular formula is C25H25FN4O3. The summed E-state index contributed by atoms with van der Waals surface area (Å²) in [5, 5.41) is 5.57. The zero-order valence-electron chi connectivity index (χ0n) is 18.3. The number of carbonyl (C=O) groups is 2. The number of rotatable bonds is 6. The zero-order valence-corrected chi connectivity index (χ0v) is 18.3. The van der Waals surface area contributed by atoms with E-state index in [9.17, 15) is 14.0 Å². The lowest BCUT2D eigenvalue weighted by atomic mass is 10.1. The minimum Gasteiger partial charge on any atom is -0.497 e. The Kier molecular flexibility index (Phi) is 6.73. The van der Waals surface area contributed by atoms with Crippen molar-refractivity contribution in [2.45, 2.75) is 13.0 Å². The van der Waals surface area contributed by atoms with Gasteiger partial charge in [-0.05, 0) is 54.4 Å². The van der Waals surface area contributed by atoms with Gasteiger partial charge in [-0.3, -0.25) is 4.90 Å². The number of nitrogens with zero attached hydrogens (tertiary/aromatic N) is 2. The van der Waals surface area contributed by atoms with E-state index in [-0.39, 0.29) is 11.8 Å². The Morgan fingerprint density at radius 3 is 2.39 bits per heavy atom. The number of halogens is 1. The van der Waals surface area contributed by atoms with Gasteiger partial charge < -0.3 is 20.3 Å². The van der Waals surface area contributed by atoms with Gasteiger partial charge in [0.05, 0.1) is 7.11 Å². The van der Waals surface area contributed by atoms with E-state index in [1.807, 2.05) is 6.07 Å². The molecule has 0 atom stereocenters. The molecule has 1 heterocycles. The third-order valence-electron chi connectivity index (χ3n) is 5.34. The molecule has 4 amide bonds. The van der Waals surface area contributed by atoms with Crippen LogP contribution in [0, 0.1) is 5.82 Å². The van der Waals surface area contributed by atoms with Crippen LogP contribution in [-0.4, -0.2) is 37.2 Å². The van der Waals surface area contributed by atoms with Crippen molar-refractivity contribution in [2.24, 2.45) is 0 Å². The first-order chi connectivity index (χ1) is 16.0. The van der Waals surface area contributed by atoms with Gasteiger partial charge in [-0.15, -0.1) is 0 Å². The van der Waals surface area contributed by atoms with Crippen LogP contribution in [0.2, 0.25) is 0 Å². The molecule has 0 aliphatic carbocycles. The van der Waals surface area contributed by atoms with Crippen LogP contribution in [0.4, 0.5) is 31.0 Å². The van der Waals surface area contributed by atoms with Gasteiger partial charge in [0.2, 0.25) is 0 Å². The molecule has 8 heteroatoms. The summed E-state index contributed by atoms with van der Waals surface area (Å²) in [7, 11) is 1.56. The van der Waals surface area contributed by atoms with Crippen LogP contribution in [-0.2, 0) is 6.54 Å². The number of methoxy groups -OCH3 is 1. The molecular weight excluding hydrogens is 423 g/mol. The Hall–Kier alpha value is -4.07. The molecule has 0 aromatic heterocycles. The molecule has 0 spiro atoms. The second kappa shape index (κ2) is 10.0. The van der Waals surface area contributed by atoms with Gasteiger partial charge >= 0.3 is 12.1 Å². The molecule has 7 nitrogen and oxygen atoms in total. The number of hydrogen-bond acceptors (Lipinski definition) is 3. The Labute approximate surface area is 191 Å². The third kappa shape index (κ3) is 5.60. The van der Waals surface area contributed by atoms with Crippen LogP contribution >= 0.6 is 0 Å². The summed E-state index contributed by atoms with van der Waals surface area (Å²) in [5.74, 6) is 0.341. The molecule has 4 rings (SSSR count). The van der Waals surface area contributed by atoms with E-state index >= 15 is 0 Å². The van der Waals surface area contributed by atoms with Crippen molar-refractivity contribution in [3.8, 4) is 5.75 Å². The first-order valence-corrected chi connectivity index (χ1v) is 10.6. The number of carbonyl (C=O) groups excluding carboxylic acids is 2. The predicted molar refractivity (Wildman–Crippen MR) is 126 cm³/mol. The van der Waals surface area contributed by atoms with Crippen molar-refractivity contribution in [3.05, 3.63) is 84.2 Å². The van der Waals surface area contributed by atoms with E-state index in [4.69, 9.17) is 4.74 Å². The first-order valence-electron chi connectivity index (χ1n) is 10.6. The highest BCUT2D eigenvalue weighted by molar-refractivity contribution is 6.00. The molecule has 0 bridgehead atoms. The van der Waals surface area contributed by atoms with Gasteiger partial charge in [0, 0.05) is 42.8 Å². The molecule has 3 aromatic carbocycles. The molecule has 0 radical (unpaired) electrons. The maximum atomic E-state index is 13.2. The molecule has 1 fully saturated rings. The number of amides is 4. The van der Waals surface area contributed by atoms with Gasteiger partial charge in [0.15, 0.2) is 0 Å². The van der Waals surface area contributed by atoms with Crippen LogP contribution in [0.15, 0.2) is 72.8 Å². The highest BCUT2D eigenvalue weighted by Crippen LogP contribution is 2.25. The molecule has 3 aromatic rings. The van der Waals surface area contributed by atoms with Crippen molar-refractivity contribution >= 4 is 29.1 Å². The number of anilines is 3. The van der Waals surface area contributed by atoms with Gasteiger partial charge in [0.25, 0.3) is 0 Å². The maximum Gasteiger partial charge on any atom is 0.324 e. The summed E-state index contributed by atoms with van der Waals surface area (Å²) in [6, 6.07) is 19.9. The monoisotopic (exact) mass is 448 g/mol. The molecule has 33 heavy (non-hydrogen) atoms. The standard InChI is InChI=1S/C25H25FN4O3/c1-33-23-8-3-6-21(16-23)28-24(31)27-20-5-2-7-22(15-20)30-14-4-13-29(25(30)32)17-18-9-11-19(26)12-10-18/h2-3,5-12,15-16H,4,13-14,17H2,1H3,(H2,27,28,31). The van der Waals surface area contributed by atoms with Crippen LogP contribution in [0.25, 0.3) is 0 Å². The largest absolute Gasteiger partial charge is 0.497 e. The maximum absolute atomic E-state index is 13.2. The van der Waals surface area contributed by atoms with Gasteiger partial charge in [0.1, 0.15) is 11.6 Å². The lowest BCUT2D eigenvalue weighted by Crippen LogP contribution is -2.49. The third-order valence-corrected chi connectivity index (χ3v) is 5.34. The van der Waals surface area contributed by atoms with Crippen molar-refractivity contribution in [2.75, 3.05) is 35.7 Å². The number of benzene rings is 3. The summed E-state index contributed by atoms with van der Waals surface area (Å²) in [6.45, 7) is 1.63. The molecule has 0 saturated carbocycles. The molecule has 1 saturated heterocycles. The Morgan fingerprint density at radius 2 is 1.67 bits per heavy atom. The molecule has 170 valence electrons. The fourth-order valence-electron chi connectivity index (χ4n) is 3.72. The van der Waals surface area contributed by atoms with Gasteiger partial charge in [-0.2, -0.15) is 0 Å². The molecule has 1 aliphatic heterocycles. The van der Waals surface area contributed by atoms with E-state index in [0.29, 0.717) is 42.4 Å². The fraction of sp³-hybridized carbons (Fsp3) is 0.200. The topological polar surface area (TPSA) is 73.9 Å². The lowest BCUT2D eigenvalue weighted by molar-refractivity contribution is 0.192. The summed E-state index contributed by atoms with van der Waals surface area (Å²) in [4.78, 5) is 29.0. The highest BCUT2D eigenvalue weighted by atomic mass is 19.1. The normalized spacial score (nSPS) is 13.6. The average molecular weight is 448 g/mol. The summed E-state index contributed by atoms with van der Waals surface area (Å²) in [6.07, 6.45) is 0.806. The highest BCUT2D eigenvalue weighted by Gasteiger charge is 2.27. The second-order valence-electron chi connectivity index (χ2n) is 7.70. The first kappa shape index (κ1) is 22.1. The smallest absolute Gasteiger partial charge is 0.324 e. The van der Waals surface area contributed by atoms with Crippen molar-refractivity contribution in [1.82, 2.24) is 4.90 Å². The number of nitrogens with one attached hydrogen (secondary N) is 2. The zero-order chi connectivity index (χ0) is 23.2. The lowest BCUT2D eigenvalue weighted by Gasteiger charge is -2.36. The Morgan fingerprint density at radius 1 is 0.970 bits per heavy atom. The van der Waals surface area contributed by atoms with Crippen LogP contribution in [0.5, 0.6) is 5.75 Å². The minimum absolute atomic E-state index is 0.122. The average Bonchev–Trinajstić information content (AvgIpc) is 2.82. The van der Waals surface area contributed by atoms with Crippen molar-refractivity contribution in [1.29, 1.82) is 0 Å². The summed E-state index contributed by atoms with van der Waals surface area (Å²) in [5.41, 5.74) is 2.74. The summed E-state index contributed by atoms with van der Waals surface area (Å²) >= 11 is 0.